The molecule has 1 atom stereocenters. The first-order chi connectivity index (χ1) is 8.06. The first kappa shape index (κ1) is 11.9. The minimum atomic E-state index is -1.24. The van der Waals surface area contributed by atoms with Gasteiger partial charge in [0, 0.05) is 11.7 Å². The zero-order valence-corrected chi connectivity index (χ0v) is 9.74. The van der Waals surface area contributed by atoms with Crippen molar-refractivity contribution in [1.29, 1.82) is 0 Å². The maximum absolute atomic E-state index is 13.2. The predicted molar refractivity (Wildman–Crippen MR) is 63.8 cm³/mol. The van der Waals surface area contributed by atoms with E-state index in [9.17, 15) is 9.18 Å². The summed E-state index contributed by atoms with van der Waals surface area (Å²) in [5.74, 6) is -1.13. The van der Waals surface area contributed by atoms with Gasteiger partial charge in [0.25, 0.3) is 0 Å². The number of halogens is 1. The van der Waals surface area contributed by atoms with Gasteiger partial charge in [0.2, 0.25) is 0 Å². The molecule has 2 rings (SSSR count). The van der Waals surface area contributed by atoms with Gasteiger partial charge in [-0.25, -0.2) is 9.18 Å². The quantitative estimate of drug-likeness (QED) is 0.827. The molecule has 1 unspecified atom stereocenters. The number of carboxylic acid groups (broad SMARTS) is 1. The fourth-order valence-electron chi connectivity index (χ4n) is 1.98. The summed E-state index contributed by atoms with van der Waals surface area (Å²) in [6.45, 7) is 2.06. The van der Waals surface area contributed by atoms with E-state index in [2.05, 4.69) is 12.2 Å². The Morgan fingerprint density at radius 3 is 2.88 bits per heavy atom. The molecule has 0 aromatic heterocycles. The number of carboxylic acids is 1. The molecule has 1 aliphatic rings. The molecular weight excluding hydrogens is 221 g/mol. The van der Waals surface area contributed by atoms with Gasteiger partial charge >= 0.3 is 5.97 Å². The predicted octanol–water partition coefficient (Wildman–Crippen LogP) is 3.12. The van der Waals surface area contributed by atoms with Crippen LogP contribution in [0.25, 0.3) is 0 Å². The molecule has 1 aromatic rings. The standard InChI is InChI=1S/C13H16FNO2/c1-8(6-9-2-3-9)15-10-4-5-12(14)11(7-10)13(16)17/h4-5,7-9,15H,2-3,6H2,1H3,(H,16,17). The molecule has 92 valence electrons. The van der Waals surface area contributed by atoms with Crippen LogP contribution in [0.1, 0.15) is 36.5 Å². The Labute approximate surface area is 99.7 Å². The molecule has 0 aliphatic heterocycles. The third kappa shape index (κ3) is 3.19. The molecule has 1 aliphatic carbocycles. The van der Waals surface area contributed by atoms with E-state index in [-0.39, 0.29) is 11.6 Å². The first-order valence-corrected chi connectivity index (χ1v) is 5.85. The molecule has 0 spiro atoms. The van der Waals surface area contributed by atoms with Crippen LogP contribution >= 0.6 is 0 Å². The summed E-state index contributed by atoms with van der Waals surface area (Å²) in [6.07, 6.45) is 3.66. The van der Waals surface area contributed by atoms with E-state index in [1.165, 1.54) is 25.0 Å². The lowest BCUT2D eigenvalue weighted by Gasteiger charge is -2.15. The molecule has 0 heterocycles. The summed E-state index contributed by atoms with van der Waals surface area (Å²) in [4.78, 5) is 10.8. The highest BCUT2D eigenvalue weighted by molar-refractivity contribution is 5.89. The zero-order valence-electron chi connectivity index (χ0n) is 9.74. The lowest BCUT2D eigenvalue weighted by atomic mass is 10.1. The second kappa shape index (κ2) is 4.73. The van der Waals surface area contributed by atoms with Crippen molar-refractivity contribution in [3.05, 3.63) is 29.6 Å². The normalized spacial score (nSPS) is 16.6. The van der Waals surface area contributed by atoms with Crippen LogP contribution in [-0.2, 0) is 0 Å². The van der Waals surface area contributed by atoms with E-state index in [4.69, 9.17) is 5.11 Å². The molecule has 0 radical (unpaired) electrons. The average molecular weight is 237 g/mol. The summed E-state index contributed by atoms with van der Waals surface area (Å²) in [5, 5.41) is 12.0. The Morgan fingerprint density at radius 1 is 1.59 bits per heavy atom. The van der Waals surface area contributed by atoms with Crippen molar-refractivity contribution < 1.29 is 14.3 Å². The van der Waals surface area contributed by atoms with Gasteiger partial charge in [0.1, 0.15) is 5.82 Å². The van der Waals surface area contributed by atoms with Gasteiger partial charge in [-0.3, -0.25) is 0 Å². The van der Waals surface area contributed by atoms with Crippen LogP contribution < -0.4 is 5.32 Å². The van der Waals surface area contributed by atoms with Crippen LogP contribution in [0.5, 0.6) is 0 Å². The summed E-state index contributed by atoms with van der Waals surface area (Å²) in [5.41, 5.74) is 0.380. The first-order valence-electron chi connectivity index (χ1n) is 5.85. The number of benzene rings is 1. The van der Waals surface area contributed by atoms with Gasteiger partial charge in [-0.05, 0) is 37.5 Å². The maximum atomic E-state index is 13.2. The van der Waals surface area contributed by atoms with Gasteiger partial charge in [0.05, 0.1) is 5.56 Å². The molecule has 1 saturated carbocycles. The van der Waals surface area contributed by atoms with Crippen LogP contribution in [0.4, 0.5) is 10.1 Å². The van der Waals surface area contributed by atoms with Crippen LogP contribution in [0.2, 0.25) is 0 Å². The molecule has 3 nitrogen and oxygen atoms in total. The van der Waals surface area contributed by atoms with E-state index < -0.39 is 11.8 Å². The monoisotopic (exact) mass is 237 g/mol. The van der Waals surface area contributed by atoms with Crippen molar-refractivity contribution in [2.45, 2.75) is 32.2 Å². The van der Waals surface area contributed by atoms with E-state index >= 15 is 0 Å². The van der Waals surface area contributed by atoms with E-state index in [0.29, 0.717) is 5.69 Å². The fourth-order valence-corrected chi connectivity index (χ4v) is 1.98. The Bertz CT molecular complexity index is 429. The lowest BCUT2D eigenvalue weighted by molar-refractivity contribution is 0.0692. The van der Waals surface area contributed by atoms with E-state index in [1.54, 1.807) is 6.07 Å². The molecule has 1 aromatic carbocycles. The van der Waals surface area contributed by atoms with Crippen molar-refractivity contribution >= 4 is 11.7 Å². The molecule has 2 N–H and O–H groups in total. The molecule has 0 saturated heterocycles. The SMILES string of the molecule is CC(CC1CC1)Nc1ccc(F)c(C(=O)O)c1. The molecule has 4 heteroatoms. The number of nitrogens with one attached hydrogen (secondary N) is 1. The fraction of sp³-hybridized carbons (Fsp3) is 0.462. The van der Waals surface area contributed by atoms with Crippen LogP contribution in [0.3, 0.4) is 0 Å². The highest BCUT2D eigenvalue weighted by Crippen LogP contribution is 2.34. The Hall–Kier alpha value is -1.58. The molecule has 0 amide bonds. The Kier molecular flexibility index (Phi) is 3.31. The van der Waals surface area contributed by atoms with Crippen molar-refractivity contribution in [3.63, 3.8) is 0 Å². The highest BCUT2D eigenvalue weighted by Gasteiger charge is 2.23. The zero-order chi connectivity index (χ0) is 12.4. The van der Waals surface area contributed by atoms with Crippen molar-refractivity contribution in [3.8, 4) is 0 Å². The van der Waals surface area contributed by atoms with Crippen LogP contribution in [0, 0.1) is 11.7 Å². The summed E-state index contributed by atoms with van der Waals surface area (Å²) in [6, 6.07) is 4.40. The van der Waals surface area contributed by atoms with Crippen LogP contribution in [-0.4, -0.2) is 17.1 Å². The third-order valence-electron chi connectivity index (χ3n) is 2.99. The van der Waals surface area contributed by atoms with E-state index in [1.807, 2.05) is 0 Å². The largest absolute Gasteiger partial charge is 0.478 e. The van der Waals surface area contributed by atoms with Gasteiger partial charge in [-0.15, -0.1) is 0 Å². The maximum Gasteiger partial charge on any atom is 0.338 e. The summed E-state index contributed by atoms with van der Waals surface area (Å²) in [7, 11) is 0. The van der Waals surface area contributed by atoms with Crippen molar-refractivity contribution in [2.24, 2.45) is 5.92 Å². The van der Waals surface area contributed by atoms with Gasteiger partial charge in [-0.2, -0.15) is 0 Å². The van der Waals surface area contributed by atoms with Gasteiger partial charge < -0.3 is 10.4 Å². The van der Waals surface area contributed by atoms with Crippen molar-refractivity contribution in [1.82, 2.24) is 0 Å². The smallest absolute Gasteiger partial charge is 0.338 e. The molecule has 17 heavy (non-hydrogen) atoms. The molecule has 1 fully saturated rings. The number of carbonyl (C=O) groups is 1. The summed E-state index contributed by atoms with van der Waals surface area (Å²) >= 11 is 0. The highest BCUT2D eigenvalue weighted by atomic mass is 19.1. The second-order valence-electron chi connectivity index (χ2n) is 4.72. The average Bonchev–Trinajstić information content (AvgIpc) is 3.04. The van der Waals surface area contributed by atoms with Gasteiger partial charge in [0.15, 0.2) is 0 Å². The van der Waals surface area contributed by atoms with Gasteiger partial charge in [-0.1, -0.05) is 12.8 Å². The lowest BCUT2D eigenvalue weighted by Crippen LogP contribution is -2.16. The second-order valence-corrected chi connectivity index (χ2v) is 4.72. The third-order valence-corrected chi connectivity index (χ3v) is 2.99. The number of anilines is 1. The summed E-state index contributed by atoms with van der Waals surface area (Å²) < 4.78 is 13.2. The van der Waals surface area contributed by atoms with Crippen molar-refractivity contribution in [2.75, 3.05) is 5.32 Å². The Balaban J connectivity index is 2.04. The number of hydrogen-bond donors (Lipinski definition) is 2. The Morgan fingerprint density at radius 2 is 2.29 bits per heavy atom. The van der Waals surface area contributed by atoms with Crippen LogP contribution in [0.15, 0.2) is 18.2 Å². The number of hydrogen-bond acceptors (Lipinski definition) is 2. The minimum Gasteiger partial charge on any atom is -0.478 e. The number of aromatic carboxylic acids is 1. The minimum absolute atomic E-state index is 0.284. The molecule has 0 bridgehead atoms. The number of rotatable bonds is 5. The van der Waals surface area contributed by atoms with E-state index in [0.717, 1.165) is 12.3 Å². The molecular formula is C13H16FNO2. The topological polar surface area (TPSA) is 49.3 Å².